The fourth-order valence-corrected chi connectivity index (χ4v) is 3.32. The van der Waals surface area contributed by atoms with Crippen molar-refractivity contribution in [3.63, 3.8) is 0 Å². The molecule has 3 rings (SSSR count). The van der Waals surface area contributed by atoms with Gasteiger partial charge in [0.25, 0.3) is 0 Å². The highest BCUT2D eigenvalue weighted by atomic mass is 16.5. The summed E-state index contributed by atoms with van der Waals surface area (Å²) in [6.07, 6.45) is 3.29. The monoisotopic (exact) mass is 462 g/mol. The highest BCUT2D eigenvalue weighted by molar-refractivity contribution is 6.07. The number of allylic oxidation sites excluding steroid dienone is 1. The maximum atomic E-state index is 12.6. The minimum Gasteiger partial charge on any atom is -0.493 e. The summed E-state index contributed by atoms with van der Waals surface area (Å²) in [4.78, 5) is 12.6. The summed E-state index contributed by atoms with van der Waals surface area (Å²) in [6.45, 7) is 5.39. The molecule has 3 aromatic carbocycles. The molecule has 0 aliphatic carbocycles. The lowest BCUT2D eigenvalue weighted by Gasteiger charge is -2.13. The third kappa shape index (κ3) is 6.54. The van der Waals surface area contributed by atoms with Crippen LogP contribution in [0.5, 0.6) is 28.7 Å². The zero-order valence-electron chi connectivity index (χ0n) is 20.0. The number of carbonyl (C=O) groups is 1. The van der Waals surface area contributed by atoms with E-state index >= 15 is 0 Å². The number of benzene rings is 3. The van der Waals surface area contributed by atoms with Gasteiger partial charge >= 0.3 is 0 Å². The number of hydrogen-bond acceptors (Lipinski definition) is 6. The molecule has 0 aliphatic rings. The van der Waals surface area contributed by atoms with Gasteiger partial charge in [-0.3, -0.25) is 4.79 Å². The van der Waals surface area contributed by atoms with Crippen LogP contribution in [0, 0.1) is 0 Å². The smallest absolute Gasteiger partial charge is 0.185 e. The first kappa shape index (κ1) is 24.7. The van der Waals surface area contributed by atoms with Crippen molar-refractivity contribution in [2.45, 2.75) is 20.5 Å². The zero-order valence-corrected chi connectivity index (χ0v) is 20.0. The Hall–Kier alpha value is -3.93. The molecule has 0 aliphatic heterocycles. The second kappa shape index (κ2) is 12.3. The Morgan fingerprint density at radius 1 is 0.765 bits per heavy atom. The van der Waals surface area contributed by atoms with Crippen molar-refractivity contribution in [1.29, 1.82) is 0 Å². The largest absolute Gasteiger partial charge is 0.493 e. The molecule has 3 aromatic rings. The van der Waals surface area contributed by atoms with Crippen molar-refractivity contribution in [1.82, 2.24) is 0 Å². The summed E-state index contributed by atoms with van der Waals surface area (Å²) < 4.78 is 27.8. The lowest BCUT2D eigenvalue weighted by Crippen LogP contribution is -2.01. The predicted molar refractivity (Wildman–Crippen MR) is 132 cm³/mol. The summed E-state index contributed by atoms with van der Waals surface area (Å²) in [5, 5.41) is 0. The molecule has 0 atom stereocenters. The summed E-state index contributed by atoms with van der Waals surface area (Å²) in [5.74, 6) is 3.08. The van der Waals surface area contributed by atoms with Crippen molar-refractivity contribution in [3.8, 4) is 28.7 Å². The summed E-state index contributed by atoms with van der Waals surface area (Å²) in [6, 6.07) is 18.4. The Labute approximate surface area is 200 Å². The molecule has 6 heteroatoms. The molecule has 0 bridgehead atoms. The normalized spacial score (nSPS) is 10.7. The summed E-state index contributed by atoms with van der Waals surface area (Å²) in [5.41, 5.74) is 2.34. The SMILES string of the molecule is CCOc1ccc(COc2cccc(/C=C/C(=O)c3ccc(OC)c(OC)c3)c2)cc1OCC. The summed E-state index contributed by atoms with van der Waals surface area (Å²) in [7, 11) is 3.10. The van der Waals surface area contributed by atoms with Gasteiger partial charge in [-0.1, -0.05) is 24.3 Å². The highest BCUT2D eigenvalue weighted by Crippen LogP contribution is 2.30. The van der Waals surface area contributed by atoms with Gasteiger partial charge in [-0.15, -0.1) is 0 Å². The molecule has 0 unspecified atom stereocenters. The Morgan fingerprint density at radius 3 is 2.24 bits per heavy atom. The van der Waals surface area contributed by atoms with Crippen molar-refractivity contribution < 1.29 is 28.5 Å². The molecule has 6 nitrogen and oxygen atoms in total. The third-order valence-electron chi connectivity index (χ3n) is 4.97. The molecule has 0 fully saturated rings. The highest BCUT2D eigenvalue weighted by Gasteiger charge is 2.09. The van der Waals surface area contributed by atoms with E-state index in [4.69, 9.17) is 23.7 Å². The Balaban J connectivity index is 1.66. The maximum Gasteiger partial charge on any atom is 0.185 e. The van der Waals surface area contributed by atoms with E-state index in [0.717, 1.165) is 16.9 Å². The van der Waals surface area contributed by atoms with Gasteiger partial charge in [-0.05, 0) is 73.5 Å². The lowest BCUT2D eigenvalue weighted by molar-refractivity contribution is 0.104. The quantitative estimate of drug-likeness (QED) is 0.244. The van der Waals surface area contributed by atoms with Gasteiger partial charge in [0.2, 0.25) is 0 Å². The van der Waals surface area contributed by atoms with Gasteiger partial charge in [-0.25, -0.2) is 0 Å². The molecule has 0 aromatic heterocycles. The number of ketones is 1. The molecular formula is C28H30O6. The van der Waals surface area contributed by atoms with Crippen molar-refractivity contribution in [2.75, 3.05) is 27.4 Å². The Bertz CT molecular complexity index is 1140. The van der Waals surface area contributed by atoms with E-state index < -0.39 is 0 Å². The van der Waals surface area contributed by atoms with Crippen LogP contribution >= 0.6 is 0 Å². The van der Waals surface area contributed by atoms with Crippen LogP contribution in [0.2, 0.25) is 0 Å². The maximum absolute atomic E-state index is 12.6. The molecule has 178 valence electrons. The minimum absolute atomic E-state index is 0.134. The Kier molecular flexibility index (Phi) is 8.97. The number of methoxy groups -OCH3 is 2. The number of rotatable bonds is 12. The fraction of sp³-hybridized carbons (Fsp3) is 0.250. The molecule has 0 heterocycles. The topological polar surface area (TPSA) is 63.2 Å². The molecule has 0 N–H and O–H groups in total. The second-order valence-electron chi connectivity index (χ2n) is 7.28. The predicted octanol–water partition coefficient (Wildman–Crippen LogP) is 5.98. The second-order valence-corrected chi connectivity index (χ2v) is 7.28. The van der Waals surface area contributed by atoms with E-state index in [-0.39, 0.29) is 5.78 Å². The van der Waals surface area contributed by atoms with Crippen LogP contribution in [0.3, 0.4) is 0 Å². The van der Waals surface area contributed by atoms with Crippen LogP contribution in [0.25, 0.3) is 6.08 Å². The van der Waals surface area contributed by atoms with Crippen molar-refractivity contribution in [3.05, 3.63) is 83.4 Å². The van der Waals surface area contributed by atoms with Crippen molar-refractivity contribution >= 4 is 11.9 Å². The molecule has 34 heavy (non-hydrogen) atoms. The molecule has 0 saturated carbocycles. The van der Waals surface area contributed by atoms with Gasteiger partial charge in [0.15, 0.2) is 28.8 Å². The van der Waals surface area contributed by atoms with Gasteiger partial charge in [0.05, 0.1) is 27.4 Å². The molecular weight excluding hydrogens is 432 g/mol. The van der Waals surface area contributed by atoms with E-state index in [2.05, 4.69) is 0 Å². The number of ether oxygens (including phenoxy) is 5. The molecule has 0 radical (unpaired) electrons. The minimum atomic E-state index is -0.134. The molecule has 0 spiro atoms. The number of hydrogen-bond donors (Lipinski definition) is 0. The van der Waals surface area contributed by atoms with E-state index in [1.807, 2.05) is 56.3 Å². The average Bonchev–Trinajstić information content (AvgIpc) is 2.87. The number of carbonyl (C=O) groups excluding carboxylic acids is 1. The van der Waals surface area contributed by atoms with Crippen LogP contribution in [-0.2, 0) is 6.61 Å². The van der Waals surface area contributed by atoms with Crippen LogP contribution in [0.1, 0.15) is 35.3 Å². The van der Waals surface area contributed by atoms with Gasteiger partial charge in [0.1, 0.15) is 12.4 Å². The van der Waals surface area contributed by atoms with E-state index in [9.17, 15) is 4.79 Å². The first-order valence-corrected chi connectivity index (χ1v) is 11.1. The fourth-order valence-electron chi connectivity index (χ4n) is 3.32. The van der Waals surface area contributed by atoms with Crippen molar-refractivity contribution in [2.24, 2.45) is 0 Å². The average molecular weight is 463 g/mol. The van der Waals surface area contributed by atoms with E-state index in [1.165, 1.54) is 6.08 Å². The third-order valence-corrected chi connectivity index (χ3v) is 4.97. The molecule has 0 saturated heterocycles. The van der Waals surface area contributed by atoms with E-state index in [0.29, 0.717) is 48.4 Å². The molecule has 0 amide bonds. The lowest BCUT2D eigenvalue weighted by atomic mass is 10.1. The van der Waals surface area contributed by atoms with Crippen LogP contribution < -0.4 is 23.7 Å². The first-order chi connectivity index (χ1) is 16.6. The van der Waals surface area contributed by atoms with Crippen LogP contribution in [0.4, 0.5) is 0 Å². The van der Waals surface area contributed by atoms with E-state index in [1.54, 1.807) is 38.5 Å². The van der Waals surface area contributed by atoms with Crippen LogP contribution in [-0.4, -0.2) is 33.2 Å². The summed E-state index contributed by atoms with van der Waals surface area (Å²) >= 11 is 0. The zero-order chi connectivity index (χ0) is 24.3. The van der Waals surface area contributed by atoms with Gasteiger partial charge in [0, 0.05) is 5.56 Å². The van der Waals surface area contributed by atoms with Crippen LogP contribution in [0.15, 0.2) is 66.7 Å². The van der Waals surface area contributed by atoms with Gasteiger partial charge in [-0.2, -0.15) is 0 Å². The first-order valence-electron chi connectivity index (χ1n) is 11.1. The van der Waals surface area contributed by atoms with Gasteiger partial charge < -0.3 is 23.7 Å². The Morgan fingerprint density at radius 2 is 1.50 bits per heavy atom. The standard InChI is InChI=1S/C28H30O6/c1-5-32-26-14-11-21(17-28(26)33-6-2)19-34-23-9-7-8-20(16-23)10-13-24(29)22-12-15-25(30-3)27(18-22)31-4/h7-18H,5-6,19H2,1-4H3/b13-10+.